The monoisotopic (exact) mass is 1750 g/mol. The second-order valence-corrected chi connectivity index (χ2v) is 38.7. The van der Waals surface area contributed by atoms with Gasteiger partial charge in [0.2, 0.25) is 11.8 Å². The average molecular weight is 1750 g/mol. The lowest BCUT2D eigenvalue weighted by atomic mass is 9.83. The van der Waals surface area contributed by atoms with Crippen molar-refractivity contribution in [1.82, 2.24) is 0 Å². The zero-order valence-corrected chi connectivity index (χ0v) is 74.4. The molecule has 17 nitrogen and oxygen atoms in total. The number of rotatable bonds is 10. The SMILES string of the molecule is CC.CC.CC(c1ccc(O)cc1)P1(=O)Oc2ccccc2-c2ccccc21.CCC.Cc1ccc(C(c2ccc(O)cc2)(c2ccc(O)cc2)P2(=O)Oc3ccccc3-c3ccccc32)cc1.O=C1CC(P2(=O)Oc3ccccc3-c3ccccc32)C(=O)N1c1ccc(O)cc1.O=P1(Oc2ccccc2)Oc2ccccc2-c2ccccc21.Oc1ccccc1. The number of carbonyl (C=O) groups excluding carboxylic acids is 2. The topological polar surface area (TPSA) is 253 Å². The van der Waals surface area contributed by atoms with Gasteiger partial charge < -0.3 is 48.2 Å². The third-order valence-electron chi connectivity index (χ3n) is 21.3. The molecular weight excluding hydrogens is 1660 g/mol. The van der Waals surface area contributed by atoms with Gasteiger partial charge in [0.25, 0.3) is 22.1 Å². The Hall–Kier alpha value is -13.6. The van der Waals surface area contributed by atoms with E-state index in [0.717, 1.165) is 71.4 Å². The third-order valence-corrected chi connectivity index (χ3v) is 31.9. The number of hydrogen-bond donors (Lipinski definition) is 5. The van der Waals surface area contributed by atoms with Crippen molar-refractivity contribution in [2.24, 2.45) is 0 Å². The highest BCUT2D eigenvalue weighted by molar-refractivity contribution is 7.70. The van der Waals surface area contributed by atoms with Crippen LogP contribution >= 0.6 is 29.7 Å². The Balaban J connectivity index is 0.000000139. The maximum Gasteiger partial charge on any atom is 0.463 e. The Morgan fingerprint density at radius 2 is 0.690 bits per heavy atom. The van der Waals surface area contributed by atoms with Crippen molar-refractivity contribution in [3.63, 3.8) is 0 Å². The van der Waals surface area contributed by atoms with Crippen LogP contribution in [0.4, 0.5) is 5.69 Å². The fourth-order valence-corrected chi connectivity index (χ4v) is 25.7. The quantitative estimate of drug-likeness (QED) is 0.0485. The molecule has 5 aliphatic rings. The van der Waals surface area contributed by atoms with Crippen LogP contribution in [0, 0.1) is 6.92 Å². The van der Waals surface area contributed by atoms with Crippen LogP contribution in [-0.4, -0.2) is 43.0 Å². The van der Waals surface area contributed by atoms with E-state index in [0.29, 0.717) is 67.2 Å². The fourth-order valence-electron chi connectivity index (χ4n) is 15.5. The zero-order valence-electron chi connectivity index (χ0n) is 70.8. The second-order valence-electron chi connectivity index (χ2n) is 29.3. The molecule has 5 N–H and O–H groups in total. The van der Waals surface area contributed by atoms with Crippen LogP contribution in [0.3, 0.4) is 0 Å². The highest BCUT2D eigenvalue weighted by Gasteiger charge is 2.59. The highest BCUT2D eigenvalue weighted by Crippen LogP contribution is 2.72. The molecule has 20 rings (SSSR count). The Labute approximate surface area is 735 Å². The molecule has 0 radical (unpaired) electrons. The van der Waals surface area contributed by atoms with Gasteiger partial charge in [-0.1, -0.05) is 296 Å². The first-order valence-corrected chi connectivity index (χ1v) is 48.2. The normalized spacial score (nSPS) is 17.8. The summed E-state index contributed by atoms with van der Waals surface area (Å²) in [5, 5.41) is 49.1. The van der Waals surface area contributed by atoms with Gasteiger partial charge in [-0.3, -0.25) is 23.3 Å². The summed E-state index contributed by atoms with van der Waals surface area (Å²) in [6.45, 7) is 16.2. The Bertz CT molecular complexity index is 6400. The van der Waals surface area contributed by atoms with E-state index in [-0.39, 0.29) is 35.1 Å². The molecule has 15 aromatic carbocycles. The molecule has 5 heterocycles. The van der Waals surface area contributed by atoms with Gasteiger partial charge in [-0.2, -0.15) is 0 Å². The smallest absolute Gasteiger partial charge is 0.463 e. The number of benzene rings is 15. The summed E-state index contributed by atoms with van der Waals surface area (Å²) in [7, 11) is -14.2. The number of anilines is 1. The minimum atomic E-state index is -3.85. The predicted octanol–water partition coefficient (Wildman–Crippen LogP) is 25.7. The number of amides is 2. The molecule has 126 heavy (non-hydrogen) atoms. The van der Waals surface area contributed by atoms with Crippen molar-refractivity contribution < 1.29 is 76.0 Å². The van der Waals surface area contributed by atoms with Crippen LogP contribution in [0.25, 0.3) is 44.5 Å². The first kappa shape index (κ1) is 90.1. The summed E-state index contributed by atoms with van der Waals surface area (Å²) in [6, 6.07) is 112. The van der Waals surface area contributed by atoms with Gasteiger partial charge in [-0.25, -0.2) is 9.46 Å². The van der Waals surface area contributed by atoms with Gasteiger partial charge in [0.15, 0.2) is 0 Å². The molecule has 6 unspecified atom stereocenters. The number of fused-ring (bicyclic) bond motifs is 12. The lowest BCUT2D eigenvalue weighted by Crippen LogP contribution is -2.37. The molecule has 0 spiro atoms. The van der Waals surface area contributed by atoms with E-state index in [4.69, 9.17) is 27.7 Å². The largest absolute Gasteiger partial charge is 0.508 e. The molecule has 0 saturated carbocycles. The van der Waals surface area contributed by atoms with Crippen molar-refractivity contribution in [1.29, 1.82) is 0 Å². The Kier molecular flexibility index (Phi) is 28.5. The molecule has 0 bridgehead atoms. The minimum absolute atomic E-state index is 0.0262. The van der Waals surface area contributed by atoms with Gasteiger partial charge in [-0.15, -0.1) is 0 Å². The van der Waals surface area contributed by atoms with Gasteiger partial charge in [0, 0.05) is 34.2 Å². The van der Waals surface area contributed by atoms with Crippen LogP contribution in [-0.2, 0) is 33.0 Å². The van der Waals surface area contributed by atoms with Crippen molar-refractivity contribution in [3.05, 3.63) is 404 Å². The number of aryl methyl sites for hydroxylation is 1. The third kappa shape index (κ3) is 18.3. The van der Waals surface area contributed by atoms with E-state index in [1.54, 1.807) is 140 Å². The molecule has 5 aliphatic heterocycles. The molecule has 15 aromatic rings. The number of nitrogens with zero attached hydrogens (tertiary/aromatic N) is 1. The first-order valence-electron chi connectivity index (χ1n) is 41.6. The van der Waals surface area contributed by atoms with Crippen molar-refractivity contribution in [3.8, 4) is 102 Å². The summed E-state index contributed by atoms with van der Waals surface area (Å²) in [4.78, 5) is 26.9. The molecule has 1 fully saturated rings. The van der Waals surface area contributed by atoms with Gasteiger partial charge in [-0.05, 0) is 186 Å². The number of phenolic OH excluding ortho intramolecular Hbond substituents is 5. The summed E-state index contributed by atoms with van der Waals surface area (Å²) in [6.07, 6.45) is 1.05. The van der Waals surface area contributed by atoms with Gasteiger partial charge >= 0.3 is 7.60 Å². The van der Waals surface area contributed by atoms with Crippen molar-refractivity contribution >= 4 is 68.4 Å². The Morgan fingerprint density at radius 3 is 1.14 bits per heavy atom. The maximum absolute atomic E-state index is 15.9. The van der Waals surface area contributed by atoms with Crippen LogP contribution < -0.4 is 48.7 Å². The number of carbonyl (C=O) groups is 2. The molecule has 0 aromatic heterocycles. The lowest BCUT2D eigenvalue weighted by Gasteiger charge is -2.44. The van der Waals surface area contributed by atoms with E-state index in [2.05, 4.69) is 13.8 Å². The lowest BCUT2D eigenvalue weighted by molar-refractivity contribution is -0.121. The van der Waals surface area contributed by atoms with Crippen molar-refractivity contribution in [2.75, 3.05) is 4.90 Å². The van der Waals surface area contributed by atoms with E-state index >= 15 is 4.57 Å². The van der Waals surface area contributed by atoms with E-state index in [9.17, 15) is 43.7 Å². The maximum atomic E-state index is 15.9. The van der Waals surface area contributed by atoms with Crippen LogP contribution in [0.15, 0.2) is 376 Å². The van der Waals surface area contributed by atoms with Crippen molar-refractivity contribution in [2.45, 2.75) is 84.7 Å². The van der Waals surface area contributed by atoms with Gasteiger partial charge in [0.1, 0.15) is 68.3 Å². The highest BCUT2D eigenvalue weighted by atomic mass is 31.2. The fraction of sp³-hybridized carbons (Fsp3) is 0.124. The summed E-state index contributed by atoms with van der Waals surface area (Å²) >= 11 is 0. The summed E-state index contributed by atoms with van der Waals surface area (Å²) < 4.78 is 87.6. The van der Waals surface area contributed by atoms with E-state index in [1.807, 2.05) is 254 Å². The Morgan fingerprint density at radius 1 is 0.365 bits per heavy atom. The van der Waals surface area contributed by atoms with E-state index in [1.165, 1.54) is 30.7 Å². The molecule has 1 saturated heterocycles. The molecule has 0 aliphatic carbocycles. The average Bonchev–Trinajstić information content (AvgIpc) is 0.788. The molecule has 2 amide bonds. The molecule has 638 valence electrons. The number of aromatic hydroxyl groups is 5. The number of imide groups is 1. The summed E-state index contributed by atoms with van der Waals surface area (Å²) in [5.41, 5.74) is 10.1. The zero-order chi connectivity index (χ0) is 89.3. The number of hydrogen-bond acceptors (Lipinski definition) is 16. The van der Waals surface area contributed by atoms with Crippen LogP contribution in [0.2, 0.25) is 0 Å². The standard InChI is InChI=1S/C32H25O4P.C22H16NO5P.C20H17O3P.C18H13O3P.C6H6O.C3H8.2C2H6/c1-22-10-12-23(13-11-22)32(24-14-18-26(33)19-15-24,25-16-20-27(34)21-17-25)37(35)31-9-5-3-7-29(31)28-6-2-4-8-30(28)36-37;24-15-11-9-14(10-12-15)23-21(25)13-20(22(23)26)29(27)19-8-4-2-6-17(19)16-5-1-3-7-18(16)28-29;1-14(15-10-12-16(21)13-11-15)24(22)20-9-5-3-7-18(20)17-6-2-4-8-19(17)23-24;19-22(20-14-8-2-1-3-9-14)18-13-7-5-11-16(18)15-10-4-6-12-17(15)21-22;7-6-4-2-1-3-5-6;1-3-2;2*1-2/h2-21,33-34H,1H3;1-12,20,24H,13H2;2-14,21H,1H3;1-13H;1-5,7H;3H2,1-2H3;2*1-2H3. The van der Waals surface area contributed by atoms with Crippen LogP contribution in [0.5, 0.6) is 57.5 Å². The van der Waals surface area contributed by atoms with Gasteiger partial charge in [0.05, 0.1) is 32.6 Å². The number of para-hydroxylation sites is 6. The van der Waals surface area contributed by atoms with E-state index < -0.39 is 52.3 Å². The molecule has 6 atom stereocenters. The predicted molar refractivity (Wildman–Crippen MR) is 506 cm³/mol. The minimum Gasteiger partial charge on any atom is -0.508 e. The number of phenols is 5. The summed E-state index contributed by atoms with van der Waals surface area (Å²) in [5.74, 6) is 2.53. The molecular formula is C105H97NO16P4. The second kappa shape index (κ2) is 39.9. The first-order chi connectivity index (χ1) is 61.1. The van der Waals surface area contributed by atoms with Crippen LogP contribution in [0.1, 0.15) is 94.8 Å². The molecule has 21 heteroatoms.